The summed E-state index contributed by atoms with van der Waals surface area (Å²) in [6, 6.07) is 7.31. The van der Waals surface area contributed by atoms with Gasteiger partial charge in [0.15, 0.2) is 0 Å². The van der Waals surface area contributed by atoms with E-state index in [0.29, 0.717) is 6.04 Å². The van der Waals surface area contributed by atoms with E-state index in [1.807, 2.05) is 0 Å². The maximum Gasteiger partial charge on any atom is 0.0278 e. The molecule has 0 radical (unpaired) electrons. The molecule has 0 amide bonds. The fraction of sp³-hybridized carbons (Fsp3) is 0.667. The molecular formula is C18H30N2. The van der Waals surface area contributed by atoms with Crippen molar-refractivity contribution in [1.29, 1.82) is 0 Å². The van der Waals surface area contributed by atoms with Gasteiger partial charge in [0.2, 0.25) is 0 Å². The van der Waals surface area contributed by atoms with Crippen LogP contribution in [0.25, 0.3) is 0 Å². The van der Waals surface area contributed by atoms with Crippen molar-refractivity contribution in [3.63, 3.8) is 0 Å². The minimum atomic E-state index is 0.266. The highest BCUT2D eigenvalue weighted by Crippen LogP contribution is 2.24. The van der Waals surface area contributed by atoms with Crippen molar-refractivity contribution < 1.29 is 0 Å². The average molecular weight is 274 g/mol. The van der Waals surface area contributed by atoms with Gasteiger partial charge in [0.25, 0.3) is 0 Å². The van der Waals surface area contributed by atoms with E-state index in [-0.39, 0.29) is 5.54 Å². The summed E-state index contributed by atoms with van der Waals surface area (Å²) in [5.74, 6) is 0. The van der Waals surface area contributed by atoms with Crippen LogP contribution in [0.1, 0.15) is 50.3 Å². The molecule has 1 heterocycles. The maximum absolute atomic E-state index is 3.75. The van der Waals surface area contributed by atoms with E-state index in [2.05, 4.69) is 63.0 Å². The lowest BCUT2D eigenvalue weighted by molar-refractivity contribution is 0.0752. The molecule has 1 aromatic carbocycles. The zero-order chi connectivity index (χ0) is 14.8. The lowest BCUT2D eigenvalue weighted by Crippen LogP contribution is -2.62. The summed E-state index contributed by atoms with van der Waals surface area (Å²) in [5.41, 5.74) is 4.64. The van der Waals surface area contributed by atoms with Gasteiger partial charge in [0, 0.05) is 31.2 Å². The van der Waals surface area contributed by atoms with Gasteiger partial charge in [-0.3, -0.25) is 4.90 Å². The Morgan fingerprint density at radius 2 is 1.90 bits per heavy atom. The van der Waals surface area contributed by atoms with Crippen LogP contribution in [0.5, 0.6) is 0 Å². The quantitative estimate of drug-likeness (QED) is 0.901. The third-order valence-corrected chi connectivity index (χ3v) is 5.09. The highest BCUT2D eigenvalue weighted by molar-refractivity contribution is 5.33. The van der Waals surface area contributed by atoms with Crippen LogP contribution in [0.4, 0.5) is 0 Å². The van der Waals surface area contributed by atoms with Gasteiger partial charge in [-0.1, -0.05) is 32.0 Å². The molecule has 0 spiro atoms. The molecule has 2 heteroatoms. The number of nitrogens with one attached hydrogen (secondary N) is 1. The number of nitrogens with zero attached hydrogens (tertiary/aromatic N) is 1. The summed E-state index contributed by atoms with van der Waals surface area (Å²) in [6.45, 7) is 14.8. The van der Waals surface area contributed by atoms with Gasteiger partial charge in [-0.05, 0) is 50.3 Å². The Morgan fingerprint density at radius 3 is 2.45 bits per heavy atom. The summed E-state index contributed by atoms with van der Waals surface area (Å²) in [5, 5.41) is 3.75. The Kier molecular flexibility index (Phi) is 4.87. The van der Waals surface area contributed by atoms with Gasteiger partial charge >= 0.3 is 0 Å². The molecule has 112 valence electrons. The fourth-order valence-electron chi connectivity index (χ4n) is 3.25. The first-order valence-electron chi connectivity index (χ1n) is 8.03. The molecule has 20 heavy (non-hydrogen) atoms. The Hall–Kier alpha value is -0.860. The molecule has 0 bridgehead atoms. The van der Waals surface area contributed by atoms with E-state index < -0.39 is 0 Å². The van der Waals surface area contributed by atoms with E-state index in [1.54, 1.807) is 0 Å². The number of aryl methyl sites for hydroxylation is 2. The largest absolute Gasteiger partial charge is 0.309 e. The molecule has 2 rings (SSSR count). The predicted octanol–water partition coefficient (Wildman–Crippen LogP) is 3.66. The summed E-state index contributed by atoms with van der Waals surface area (Å²) in [4.78, 5) is 2.69. The summed E-state index contributed by atoms with van der Waals surface area (Å²) in [7, 11) is 0. The summed E-state index contributed by atoms with van der Waals surface area (Å²) in [6.07, 6.45) is 2.41. The van der Waals surface area contributed by atoms with Gasteiger partial charge in [-0.15, -0.1) is 0 Å². The Labute approximate surface area is 124 Å². The maximum atomic E-state index is 3.75. The van der Waals surface area contributed by atoms with Gasteiger partial charge in [0.1, 0.15) is 0 Å². The molecule has 1 aromatic rings. The van der Waals surface area contributed by atoms with Gasteiger partial charge in [0.05, 0.1) is 0 Å². The second kappa shape index (κ2) is 6.28. The second-order valence-electron chi connectivity index (χ2n) is 6.63. The van der Waals surface area contributed by atoms with Crippen molar-refractivity contribution in [3.8, 4) is 0 Å². The van der Waals surface area contributed by atoms with Gasteiger partial charge in [-0.2, -0.15) is 0 Å². The standard InChI is InChI=1S/C18H30N2/c1-6-16-11-19-18(5,7-2)13-20(16)12-17-14(3)9-8-10-15(17)4/h8-10,16,19H,6-7,11-13H2,1-5H3. The molecule has 1 saturated heterocycles. The van der Waals surface area contributed by atoms with Crippen LogP contribution in [-0.4, -0.2) is 29.6 Å². The third-order valence-electron chi connectivity index (χ3n) is 5.09. The number of hydrogen-bond acceptors (Lipinski definition) is 2. The van der Waals surface area contributed by atoms with E-state index in [4.69, 9.17) is 0 Å². The molecule has 1 aliphatic rings. The SMILES string of the molecule is CCC1CNC(C)(CC)CN1Cc1c(C)cccc1C. The second-order valence-corrected chi connectivity index (χ2v) is 6.63. The Morgan fingerprint density at radius 1 is 1.25 bits per heavy atom. The first-order chi connectivity index (χ1) is 9.49. The number of hydrogen-bond donors (Lipinski definition) is 1. The van der Waals surface area contributed by atoms with Crippen LogP contribution < -0.4 is 5.32 Å². The van der Waals surface area contributed by atoms with Gasteiger partial charge in [-0.25, -0.2) is 0 Å². The molecule has 0 aromatic heterocycles. The minimum Gasteiger partial charge on any atom is -0.309 e. The molecule has 2 atom stereocenters. The van der Waals surface area contributed by atoms with Crippen molar-refractivity contribution in [3.05, 3.63) is 34.9 Å². The molecule has 2 nitrogen and oxygen atoms in total. The predicted molar refractivity (Wildman–Crippen MR) is 87.1 cm³/mol. The van der Waals surface area contributed by atoms with Crippen LogP contribution in [0.3, 0.4) is 0 Å². The van der Waals surface area contributed by atoms with Crippen LogP contribution in [-0.2, 0) is 6.54 Å². The van der Waals surface area contributed by atoms with Crippen LogP contribution in [0, 0.1) is 13.8 Å². The van der Waals surface area contributed by atoms with Crippen molar-refractivity contribution >= 4 is 0 Å². The fourth-order valence-corrected chi connectivity index (χ4v) is 3.25. The Balaban J connectivity index is 2.20. The molecule has 1 fully saturated rings. The smallest absolute Gasteiger partial charge is 0.0278 e. The average Bonchev–Trinajstić information content (AvgIpc) is 2.43. The number of benzene rings is 1. The van der Waals surface area contributed by atoms with Crippen molar-refractivity contribution in [2.75, 3.05) is 13.1 Å². The van der Waals surface area contributed by atoms with E-state index in [9.17, 15) is 0 Å². The topological polar surface area (TPSA) is 15.3 Å². The van der Waals surface area contributed by atoms with E-state index in [1.165, 1.54) is 29.5 Å². The van der Waals surface area contributed by atoms with Crippen LogP contribution in [0.2, 0.25) is 0 Å². The number of rotatable bonds is 4. The number of piperazine rings is 1. The minimum absolute atomic E-state index is 0.266. The van der Waals surface area contributed by atoms with Gasteiger partial charge < -0.3 is 5.32 Å². The molecule has 2 unspecified atom stereocenters. The van der Waals surface area contributed by atoms with Crippen LogP contribution in [0.15, 0.2) is 18.2 Å². The van der Waals surface area contributed by atoms with E-state index >= 15 is 0 Å². The molecule has 0 saturated carbocycles. The summed E-state index contributed by atoms with van der Waals surface area (Å²) >= 11 is 0. The third kappa shape index (κ3) is 3.24. The monoisotopic (exact) mass is 274 g/mol. The Bertz CT molecular complexity index is 434. The van der Waals surface area contributed by atoms with E-state index in [0.717, 1.165) is 19.6 Å². The first kappa shape index (κ1) is 15.5. The highest BCUT2D eigenvalue weighted by atomic mass is 15.2. The van der Waals surface area contributed by atoms with Crippen molar-refractivity contribution in [2.45, 2.75) is 65.6 Å². The highest BCUT2D eigenvalue weighted by Gasteiger charge is 2.33. The van der Waals surface area contributed by atoms with Crippen molar-refractivity contribution in [2.24, 2.45) is 0 Å². The molecule has 1 N–H and O–H groups in total. The normalized spacial score (nSPS) is 27.8. The zero-order valence-corrected chi connectivity index (χ0v) is 13.8. The zero-order valence-electron chi connectivity index (χ0n) is 13.8. The lowest BCUT2D eigenvalue weighted by atomic mass is 9.91. The molecular weight excluding hydrogens is 244 g/mol. The molecule has 0 aliphatic carbocycles. The van der Waals surface area contributed by atoms with Crippen LogP contribution >= 0.6 is 0 Å². The molecule has 1 aliphatic heterocycles. The van der Waals surface area contributed by atoms with Crippen molar-refractivity contribution in [1.82, 2.24) is 10.2 Å². The lowest BCUT2D eigenvalue weighted by Gasteiger charge is -2.46. The first-order valence-corrected chi connectivity index (χ1v) is 8.03. The summed E-state index contributed by atoms with van der Waals surface area (Å²) < 4.78 is 0.